The fourth-order valence-electron chi connectivity index (χ4n) is 3.72. The van der Waals surface area contributed by atoms with E-state index in [1.54, 1.807) is 0 Å². The van der Waals surface area contributed by atoms with Gasteiger partial charge in [0.25, 0.3) is 0 Å². The lowest BCUT2D eigenvalue weighted by Crippen LogP contribution is -2.53. The largest absolute Gasteiger partial charge is 0.356 e. The van der Waals surface area contributed by atoms with Crippen LogP contribution in [-0.2, 0) is 24.2 Å². The number of aromatic nitrogens is 1. The van der Waals surface area contributed by atoms with E-state index in [2.05, 4.69) is 53.5 Å². The van der Waals surface area contributed by atoms with E-state index in [9.17, 15) is 4.79 Å². The smallest absolute Gasteiger partial charge is 0.226 e. The van der Waals surface area contributed by atoms with E-state index in [0.717, 1.165) is 24.9 Å². The van der Waals surface area contributed by atoms with Gasteiger partial charge in [0.1, 0.15) is 5.69 Å². The van der Waals surface area contributed by atoms with Gasteiger partial charge in [0.15, 0.2) is 5.58 Å². The zero-order valence-corrected chi connectivity index (χ0v) is 15.9. The molecular formula is C22H25N3O2. The predicted molar refractivity (Wildman–Crippen MR) is 105 cm³/mol. The Morgan fingerprint density at radius 3 is 2.74 bits per heavy atom. The van der Waals surface area contributed by atoms with E-state index in [4.69, 9.17) is 4.52 Å². The van der Waals surface area contributed by atoms with Crippen molar-refractivity contribution in [2.45, 2.75) is 38.8 Å². The predicted octanol–water partition coefficient (Wildman–Crippen LogP) is 3.32. The number of carbonyl (C=O) groups excluding carboxylic acids is 1. The summed E-state index contributed by atoms with van der Waals surface area (Å²) in [5.41, 5.74) is 4.11. The van der Waals surface area contributed by atoms with Crippen LogP contribution in [0, 0.1) is 0 Å². The maximum atomic E-state index is 12.5. The summed E-state index contributed by atoms with van der Waals surface area (Å²) >= 11 is 0. The molecule has 5 nitrogen and oxygen atoms in total. The van der Waals surface area contributed by atoms with Crippen molar-refractivity contribution in [3.05, 3.63) is 65.4 Å². The first-order chi connectivity index (χ1) is 13.0. The van der Waals surface area contributed by atoms with E-state index in [1.807, 2.05) is 24.3 Å². The summed E-state index contributed by atoms with van der Waals surface area (Å²) in [6.45, 7) is 6.91. The number of para-hydroxylation sites is 1. The van der Waals surface area contributed by atoms with Crippen LogP contribution >= 0.6 is 0 Å². The second-order valence-corrected chi connectivity index (χ2v) is 7.83. The Morgan fingerprint density at radius 1 is 1.15 bits per heavy atom. The molecule has 1 amide bonds. The van der Waals surface area contributed by atoms with Crippen LogP contribution in [0.3, 0.4) is 0 Å². The van der Waals surface area contributed by atoms with Gasteiger partial charge in [-0.3, -0.25) is 9.69 Å². The molecule has 2 aromatic carbocycles. The lowest BCUT2D eigenvalue weighted by atomic mass is 9.94. The third-order valence-electron chi connectivity index (χ3n) is 5.49. The first-order valence-electron chi connectivity index (χ1n) is 9.45. The van der Waals surface area contributed by atoms with E-state index in [-0.39, 0.29) is 17.9 Å². The summed E-state index contributed by atoms with van der Waals surface area (Å²) in [5, 5.41) is 8.04. The molecule has 27 heavy (non-hydrogen) atoms. The molecule has 0 fully saturated rings. The summed E-state index contributed by atoms with van der Waals surface area (Å²) in [6, 6.07) is 16.2. The van der Waals surface area contributed by atoms with Crippen LogP contribution in [0.15, 0.2) is 53.1 Å². The van der Waals surface area contributed by atoms with Gasteiger partial charge in [-0.1, -0.05) is 41.6 Å². The minimum Gasteiger partial charge on any atom is -0.356 e. The number of rotatable bonds is 5. The standard InChI is InChI=1S/C22H25N3O2/c1-22(2,25-12-11-16-7-3-4-8-17(16)14-25)15-23-21(26)13-19-18-9-5-6-10-20(18)27-24-19/h3-10H,11-15H2,1-2H3,(H,23,26). The molecule has 0 saturated heterocycles. The molecule has 0 saturated carbocycles. The molecule has 1 aliphatic rings. The van der Waals surface area contributed by atoms with Crippen molar-refractivity contribution in [1.82, 2.24) is 15.4 Å². The topological polar surface area (TPSA) is 58.4 Å². The average molecular weight is 363 g/mol. The zero-order valence-electron chi connectivity index (χ0n) is 15.9. The SMILES string of the molecule is CC(C)(CNC(=O)Cc1noc2ccccc12)N1CCc2ccccc2C1. The highest BCUT2D eigenvalue weighted by molar-refractivity contribution is 5.86. The van der Waals surface area contributed by atoms with Crippen LogP contribution in [0.2, 0.25) is 0 Å². The van der Waals surface area contributed by atoms with Gasteiger partial charge in [0.2, 0.25) is 5.91 Å². The minimum absolute atomic E-state index is 0.0282. The molecule has 0 atom stereocenters. The Morgan fingerprint density at radius 2 is 1.89 bits per heavy atom. The number of nitrogens with one attached hydrogen (secondary N) is 1. The molecule has 0 unspecified atom stereocenters. The van der Waals surface area contributed by atoms with Crippen LogP contribution in [0.5, 0.6) is 0 Å². The highest BCUT2D eigenvalue weighted by atomic mass is 16.5. The maximum absolute atomic E-state index is 12.5. The molecule has 5 heteroatoms. The van der Waals surface area contributed by atoms with Crippen molar-refractivity contribution >= 4 is 16.9 Å². The fourth-order valence-corrected chi connectivity index (χ4v) is 3.72. The Labute approximate surface area is 159 Å². The van der Waals surface area contributed by atoms with Crippen LogP contribution in [0.25, 0.3) is 11.0 Å². The van der Waals surface area contributed by atoms with Gasteiger partial charge >= 0.3 is 0 Å². The number of hydrogen-bond donors (Lipinski definition) is 1. The second kappa shape index (κ2) is 7.16. The third kappa shape index (κ3) is 3.74. The number of nitrogens with zero attached hydrogens (tertiary/aromatic N) is 2. The summed E-state index contributed by atoms with van der Waals surface area (Å²) in [5.74, 6) is -0.0282. The highest BCUT2D eigenvalue weighted by Crippen LogP contribution is 2.25. The lowest BCUT2D eigenvalue weighted by Gasteiger charge is -2.41. The van der Waals surface area contributed by atoms with Crippen LogP contribution in [0.4, 0.5) is 0 Å². The Balaban J connectivity index is 1.37. The molecule has 3 aromatic rings. The normalized spacial score (nSPS) is 14.9. The third-order valence-corrected chi connectivity index (χ3v) is 5.49. The molecular weight excluding hydrogens is 338 g/mol. The molecule has 140 valence electrons. The van der Waals surface area contributed by atoms with Crippen molar-refractivity contribution in [2.24, 2.45) is 0 Å². The van der Waals surface area contributed by atoms with Crippen LogP contribution in [0.1, 0.15) is 30.7 Å². The molecule has 1 aromatic heterocycles. The summed E-state index contributed by atoms with van der Waals surface area (Å²) < 4.78 is 5.29. The molecule has 0 bridgehead atoms. The Hall–Kier alpha value is -2.66. The number of amides is 1. The number of hydrogen-bond acceptors (Lipinski definition) is 4. The quantitative estimate of drug-likeness (QED) is 0.755. The fraction of sp³-hybridized carbons (Fsp3) is 0.364. The number of carbonyl (C=O) groups is 1. The van der Waals surface area contributed by atoms with E-state index in [0.29, 0.717) is 17.8 Å². The van der Waals surface area contributed by atoms with Crippen molar-refractivity contribution in [3.63, 3.8) is 0 Å². The van der Waals surface area contributed by atoms with Gasteiger partial charge in [-0.2, -0.15) is 0 Å². The summed E-state index contributed by atoms with van der Waals surface area (Å²) in [6.07, 6.45) is 1.29. The first-order valence-corrected chi connectivity index (χ1v) is 9.45. The molecule has 1 aliphatic heterocycles. The Kier molecular flexibility index (Phi) is 4.70. The molecule has 4 rings (SSSR count). The lowest BCUT2D eigenvalue weighted by molar-refractivity contribution is -0.121. The van der Waals surface area contributed by atoms with Gasteiger partial charge in [-0.25, -0.2) is 0 Å². The molecule has 1 N–H and O–H groups in total. The van der Waals surface area contributed by atoms with Gasteiger partial charge in [-0.05, 0) is 43.5 Å². The number of benzene rings is 2. The van der Waals surface area contributed by atoms with E-state index >= 15 is 0 Å². The monoisotopic (exact) mass is 363 g/mol. The zero-order chi connectivity index (χ0) is 18.9. The van der Waals surface area contributed by atoms with Gasteiger partial charge in [-0.15, -0.1) is 0 Å². The van der Waals surface area contributed by atoms with Crippen molar-refractivity contribution in [3.8, 4) is 0 Å². The van der Waals surface area contributed by atoms with Crippen LogP contribution < -0.4 is 5.32 Å². The minimum atomic E-state index is -0.116. The molecule has 0 radical (unpaired) electrons. The maximum Gasteiger partial charge on any atom is 0.226 e. The van der Waals surface area contributed by atoms with Gasteiger partial charge in [0.05, 0.1) is 6.42 Å². The van der Waals surface area contributed by atoms with Crippen LogP contribution in [-0.4, -0.2) is 34.6 Å². The Bertz CT molecular complexity index is 961. The highest BCUT2D eigenvalue weighted by Gasteiger charge is 2.30. The summed E-state index contributed by atoms with van der Waals surface area (Å²) in [4.78, 5) is 14.9. The summed E-state index contributed by atoms with van der Waals surface area (Å²) in [7, 11) is 0. The second-order valence-electron chi connectivity index (χ2n) is 7.83. The first kappa shape index (κ1) is 17.7. The van der Waals surface area contributed by atoms with E-state index < -0.39 is 0 Å². The average Bonchev–Trinajstić information content (AvgIpc) is 3.09. The van der Waals surface area contributed by atoms with Gasteiger partial charge in [0, 0.05) is 30.6 Å². The van der Waals surface area contributed by atoms with E-state index in [1.165, 1.54) is 11.1 Å². The van der Waals surface area contributed by atoms with Crippen molar-refractivity contribution in [2.75, 3.05) is 13.1 Å². The molecule has 0 spiro atoms. The number of fused-ring (bicyclic) bond motifs is 2. The van der Waals surface area contributed by atoms with Gasteiger partial charge < -0.3 is 9.84 Å². The molecule has 2 heterocycles. The van der Waals surface area contributed by atoms with Crippen molar-refractivity contribution in [1.29, 1.82) is 0 Å². The van der Waals surface area contributed by atoms with Crippen molar-refractivity contribution < 1.29 is 9.32 Å². The molecule has 0 aliphatic carbocycles.